The second-order valence-electron chi connectivity index (χ2n) is 7.26. The Hall–Kier alpha value is -2.23. The number of likely N-dealkylation sites (tertiary alicyclic amines) is 1. The maximum atomic E-state index is 12.9. The lowest BCUT2D eigenvalue weighted by Gasteiger charge is -2.22. The predicted molar refractivity (Wildman–Crippen MR) is 95.7 cm³/mol. The molecule has 1 saturated carbocycles. The van der Waals surface area contributed by atoms with Crippen molar-refractivity contribution >= 4 is 5.91 Å². The normalized spacial score (nSPS) is 21.3. The van der Waals surface area contributed by atoms with Crippen LogP contribution in [0.15, 0.2) is 47.1 Å². The molecule has 4 nitrogen and oxygen atoms in total. The van der Waals surface area contributed by atoms with Gasteiger partial charge in [-0.3, -0.25) is 4.79 Å². The molecule has 1 amide bonds. The van der Waals surface area contributed by atoms with Crippen molar-refractivity contribution < 1.29 is 13.9 Å². The van der Waals surface area contributed by atoms with Crippen molar-refractivity contribution in [3.8, 4) is 5.75 Å². The lowest BCUT2D eigenvalue weighted by molar-refractivity contribution is -0.130. The Balaban J connectivity index is 1.41. The Morgan fingerprint density at radius 2 is 2.04 bits per heavy atom. The van der Waals surface area contributed by atoms with Gasteiger partial charge in [0.1, 0.15) is 11.5 Å². The van der Waals surface area contributed by atoms with E-state index in [-0.39, 0.29) is 5.91 Å². The Morgan fingerprint density at radius 1 is 1.24 bits per heavy atom. The van der Waals surface area contributed by atoms with Crippen LogP contribution in [-0.4, -0.2) is 31.0 Å². The molecule has 2 aromatic rings. The van der Waals surface area contributed by atoms with Crippen LogP contribution in [-0.2, 0) is 4.79 Å². The second-order valence-corrected chi connectivity index (χ2v) is 7.26. The van der Waals surface area contributed by atoms with Crippen molar-refractivity contribution in [2.24, 2.45) is 5.92 Å². The highest BCUT2D eigenvalue weighted by atomic mass is 16.5. The Morgan fingerprint density at radius 3 is 2.68 bits per heavy atom. The van der Waals surface area contributed by atoms with E-state index in [1.54, 1.807) is 13.4 Å². The molecule has 2 heterocycles. The molecule has 2 aliphatic rings. The van der Waals surface area contributed by atoms with Gasteiger partial charge >= 0.3 is 0 Å². The standard InChI is InChI=1S/C21H25NO3/c1-24-18-8-6-16(7-9-18)19(15-4-5-15)13-21(23)22-11-10-17(14-22)20-3-2-12-25-20/h2-3,6-9,12,15,17,19H,4-5,10-11,13-14H2,1H3. The number of hydrogen-bond donors (Lipinski definition) is 0. The first-order chi connectivity index (χ1) is 12.2. The number of ether oxygens (including phenoxy) is 1. The zero-order valence-electron chi connectivity index (χ0n) is 14.7. The summed E-state index contributed by atoms with van der Waals surface area (Å²) in [6.07, 6.45) is 5.79. The van der Waals surface area contributed by atoms with Gasteiger partial charge in [0.05, 0.1) is 13.4 Å². The van der Waals surface area contributed by atoms with Gasteiger partial charge in [-0.05, 0) is 60.9 Å². The molecule has 132 valence electrons. The van der Waals surface area contributed by atoms with Crippen molar-refractivity contribution in [1.82, 2.24) is 4.90 Å². The fourth-order valence-electron chi connectivity index (χ4n) is 3.97. The quantitative estimate of drug-likeness (QED) is 0.792. The van der Waals surface area contributed by atoms with Crippen LogP contribution in [0, 0.1) is 5.92 Å². The Bertz CT molecular complexity index is 703. The molecule has 0 spiro atoms. The van der Waals surface area contributed by atoms with E-state index in [0.29, 0.717) is 24.2 Å². The van der Waals surface area contributed by atoms with Gasteiger partial charge < -0.3 is 14.1 Å². The number of rotatable bonds is 6. The van der Waals surface area contributed by atoms with Crippen molar-refractivity contribution in [1.29, 1.82) is 0 Å². The van der Waals surface area contributed by atoms with Gasteiger partial charge in [-0.25, -0.2) is 0 Å². The summed E-state index contributed by atoms with van der Waals surface area (Å²) in [6, 6.07) is 12.2. The maximum absolute atomic E-state index is 12.9. The van der Waals surface area contributed by atoms with E-state index in [1.807, 2.05) is 29.2 Å². The topological polar surface area (TPSA) is 42.7 Å². The van der Waals surface area contributed by atoms with E-state index in [0.717, 1.165) is 31.0 Å². The summed E-state index contributed by atoms with van der Waals surface area (Å²) in [6.45, 7) is 1.62. The number of hydrogen-bond acceptors (Lipinski definition) is 3. The molecule has 1 aromatic heterocycles. The molecule has 0 N–H and O–H groups in total. The van der Waals surface area contributed by atoms with E-state index in [4.69, 9.17) is 9.15 Å². The highest BCUT2D eigenvalue weighted by Gasteiger charge is 2.36. The molecule has 2 fully saturated rings. The molecule has 4 rings (SSSR count). The van der Waals surface area contributed by atoms with Gasteiger partial charge in [0.15, 0.2) is 0 Å². The van der Waals surface area contributed by atoms with Gasteiger partial charge in [0.2, 0.25) is 5.91 Å². The summed E-state index contributed by atoms with van der Waals surface area (Å²) < 4.78 is 10.8. The molecular formula is C21H25NO3. The van der Waals surface area contributed by atoms with Crippen LogP contribution in [0.3, 0.4) is 0 Å². The van der Waals surface area contributed by atoms with Crippen LogP contribution < -0.4 is 4.74 Å². The van der Waals surface area contributed by atoms with Gasteiger partial charge in [0.25, 0.3) is 0 Å². The third-order valence-electron chi connectivity index (χ3n) is 5.62. The fraction of sp³-hybridized carbons (Fsp3) is 0.476. The summed E-state index contributed by atoms with van der Waals surface area (Å²) >= 11 is 0. The van der Waals surface area contributed by atoms with Crippen LogP contribution in [0.4, 0.5) is 0 Å². The number of furan rings is 1. The molecule has 1 aliphatic heterocycles. The first kappa shape index (κ1) is 16.2. The summed E-state index contributed by atoms with van der Waals surface area (Å²) in [5, 5.41) is 0. The number of benzene rings is 1. The zero-order chi connectivity index (χ0) is 17.2. The SMILES string of the molecule is COc1ccc(C(CC(=O)N2CCC(c3ccco3)C2)C2CC2)cc1. The van der Waals surface area contributed by atoms with Crippen LogP contribution in [0.5, 0.6) is 5.75 Å². The van der Waals surface area contributed by atoms with Crippen LogP contribution in [0.1, 0.15) is 48.8 Å². The third kappa shape index (κ3) is 3.58. The minimum Gasteiger partial charge on any atom is -0.497 e. The van der Waals surface area contributed by atoms with Crippen LogP contribution in [0.2, 0.25) is 0 Å². The average Bonchev–Trinajstić information content (AvgIpc) is 3.13. The molecule has 0 bridgehead atoms. The van der Waals surface area contributed by atoms with Crippen molar-refractivity contribution in [2.75, 3.05) is 20.2 Å². The van der Waals surface area contributed by atoms with E-state index in [9.17, 15) is 4.79 Å². The lowest BCUT2D eigenvalue weighted by Crippen LogP contribution is -2.30. The van der Waals surface area contributed by atoms with Crippen LogP contribution in [0.25, 0.3) is 0 Å². The molecule has 0 radical (unpaired) electrons. The fourth-order valence-corrected chi connectivity index (χ4v) is 3.97. The zero-order valence-corrected chi connectivity index (χ0v) is 14.7. The third-order valence-corrected chi connectivity index (χ3v) is 5.62. The van der Waals surface area contributed by atoms with Gasteiger partial charge in [-0.2, -0.15) is 0 Å². The first-order valence-corrected chi connectivity index (χ1v) is 9.19. The Labute approximate surface area is 148 Å². The number of methoxy groups -OCH3 is 1. The molecule has 2 unspecified atom stereocenters. The maximum Gasteiger partial charge on any atom is 0.223 e. The van der Waals surface area contributed by atoms with Gasteiger partial charge in [0, 0.05) is 25.4 Å². The monoisotopic (exact) mass is 339 g/mol. The van der Waals surface area contributed by atoms with Crippen LogP contribution >= 0.6 is 0 Å². The molecule has 1 saturated heterocycles. The van der Waals surface area contributed by atoms with E-state index >= 15 is 0 Å². The molecular weight excluding hydrogens is 314 g/mol. The number of amides is 1. The number of nitrogens with zero attached hydrogens (tertiary/aromatic N) is 1. The average molecular weight is 339 g/mol. The summed E-state index contributed by atoms with van der Waals surface area (Å²) in [5.41, 5.74) is 1.26. The summed E-state index contributed by atoms with van der Waals surface area (Å²) in [7, 11) is 1.68. The van der Waals surface area contributed by atoms with Crippen molar-refractivity contribution in [2.45, 2.75) is 37.5 Å². The Kier molecular flexibility index (Phi) is 4.51. The minimum atomic E-state index is 0.279. The largest absolute Gasteiger partial charge is 0.497 e. The number of carbonyl (C=O) groups excluding carboxylic acids is 1. The summed E-state index contributed by atoms with van der Waals surface area (Å²) in [4.78, 5) is 14.9. The molecule has 4 heteroatoms. The van der Waals surface area contributed by atoms with Crippen molar-refractivity contribution in [3.63, 3.8) is 0 Å². The molecule has 1 aliphatic carbocycles. The van der Waals surface area contributed by atoms with Gasteiger partial charge in [-0.15, -0.1) is 0 Å². The first-order valence-electron chi connectivity index (χ1n) is 9.19. The van der Waals surface area contributed by atoms with E-state index < -0.39 is 0 Å². The highest BCUT2D eigenvalue weighted by molar-refractivity contribution is 5.77. The van der Waals surface area contributed by atoms with E-state index in [1.165, 1.54) is 18.4 Å². The lowest BCUT2D eigenvalue weighted by atomic mass is 9.90. The van der Waals surface area contributed by atoms with Crippen molar-refractivity contribution in [3.05, 3.63) is 54.0 Å². The molecule has 2 atom stereocenters. The predicted octanol–water partition coefficient (Wildman–Crippen LogP) is 4.19. The minimum absolute atomic E-state index is 0.279. The second kappa shape index (κ2) is 6.95. The highest BCUT2D eigenvalue weighted by Crippen LogP contribution is 2.45. The smallest absolute Gasteiger partial charge is 0.223 e. The summed E-state index contributed by atoms with van der Waals surface area (Å²) in [5.74, 6) is 3.48. The van der Waals surface area contributed by atoms with Gasteiger partial charge in [-0.1, -0.05) is 12.1 Å². The molecule has 1 aromatic carbocycles. The van der Waals surface area contributed by atoms with E-state index in [2.05, 4.69) is 12.1 Å². The molecule has 25 heavy (non-hydrogen) atoms. The number of carbonyl (C=O) groups is 1.